The van der Waals surface area contributed by atoms with Gasteiger partial charge in [-0.25, -0.2) is 4.98 Å². The Hall–Kier alpha value is -2.36. The largest absolute Gasteiger partial charge is 0.545 e. The van der Waals surface area contributed by atoms with Gasteiger partial charge in [-0.1, -0.05) is 30.3 Å². The summed E-state index contributed by atoms with van der Waals surface area (Å²) in [4.78, 5) is 14.4. The van der Waals surface area contributed by atoms with Crippen LogP contribution < -0.4 is 5.11 Å². The average molecular weight is 228 g/mol. The van der Waals surface area contributed by atoms with E-state index in [0.717, 1.165) is 11.6 Å². The molecule has 86 valence electrons. The number of benzene rings is 1. The van der Waals surface area contributed by atoms with E-state index in [2.05, 4.69) is 4.98 Å². The average Bonchev–Trinajstić information content (AvgIpc) is 2.69. The number of carbonyl (C=O) groups is 1. The number of rotatable bonds is 3. The third kappa shape index (κ3) is 2.60. The number of hydrogen-bond acceptors (Lipinski definition) is 4. The van der Waals surface area contributed by atoms with E-state index in [1.54, 1.807) is 0 Å². The fraction of sp³-hybridized carbons (Fsp3) is 0.0769. The predicted molar refractivity (Wildman–Crippen MR) is 60.7 cm³/mol. The van der Waals surface area contributed by atoms with Crippen LogP contribution in [0.15, 0.2) is 40.8 Å². The van der Waals surface area contributed by atoms with E-state index in [1.165, 1.54) is 6.08 Å². The van der Waals surface area contributed by atoms with Crippen LogP contribution in [0.4, 0.5) is 0 Å². The highest BCUT2D eigenvalue weighted by Gasteiger charge is 2.09. The highest BCUT2D eigenvalue weighted by atomic mass is 16.4. The minimum Gasteiger partial charge on any atom is -0.545 e. The molecule has 1 aromatic carbocycles. The molecule has 1 heterocycles. The Balaban J connectivity index is 2.35. The molecule has 0 aliphatic carbocycles. The van der Waals surface area contributed by atoms with Crippen molar-refractivity contribution in [2.24, 2.45) is 0 Å². The van der Waals surface area contributed by atoms with Crippen molar-refractivity contribution in [1.29, 1.82) is 0 Å². The molecule has 0 bridgehead atoms. The van der Waals surface area contributed by atoms with Crippen molar-refractivity contribution in [3.63, 3.8) is 0 Å². The lowest BCUT2D eigenvalue weighted by molar-refractivity contribution is -0.297. The minimum absolute atomic E-state index is 0.255. The maximum Gasteiger partial charge on any atom is 0.219 e. The molecule has 0 radical (unpaired) electrons. The van der Waals surface area contributed by atoms with Gasteiger partial charge in [-0.3, -0.25) is 0 Å². The zero-order chi connectivity index (χ0) is 12.3. The van der Waals surface area contributed by atoms with Gasteiger partial charge in [0, 0.05) is 11.6 Å². The highest BCUT2D eigenvalue weighted by molar-refractivity contribution is 5.82. The summed E-state index contributed by atoms with van der Waals surface area (Å²) in [5.74, 6) is -0.378. The first kappa shape index (κ1) is 11.1. The Morgan fingerprint density at radius 1 is 1.35 bits per heavy atom. The standard InChI is InChI=1S/C13H11NO3/c1-9-13(10-5-3-2-4-6-10)17-11(14-9)7-8-12(15)16/h2-8H,1H3,(H,15,16)/p-1. The van der Waals surface area contributed by atoms with Gasteiger partial charge in [0.05, 0.1) is 11.7 Å². The molecule has 17 heavy (non-hydrogen) atoms. The molecule has 0 atom stereocenters. The van der Waals surface area contributed by atoms with Gasteiger partial charge < -0.3 is 14.3 Å². The van der Waals surface area contributed by atoms with E-state index in [-0.39, 0.29) is 5.89 Å². The number of aryl methyl sites for hydroxylation is 1. The zero-order valence-corrected chi connectivity index (χ0v) is 9.21. The van der Waals surface area contributed by atoms with E-state index in [9.17, 15) is 9.90 Å². The van der Waals surface area contributed by atoms with Gasteiger partial charge >= 0.3 is 0 Å². The van der Waals surface area contributed by atoms with Gasteiger partial charge in [0.1, 0.15) is 0 Å². The molecule has 0 unspecified atom stereocenters. The molecule has 0 saturated carbocycles. The fourth-order valence-electron chi connectivity index (χ4n) is 1.49. The molecule has 2 aromatic rings. The summed E-state index contributed by atoms with van der Waals surface area (Å²) >= 11 is 0. The van der Waals surface area contributed by atoms with E-state index < -0.39 is 5.97 Å². The van der Waals surface area contributed by atoms with Crippen LogP contribution in [-0.4, -0.2) is 11.0 Å². The number of carboxylic acid groups (broad SMARTS) is 1. The van der Waals surface area contributed by atoms with Gasteiger partial charge in [-0.2, -0.15) is 0 Å². The van der Waals surface area contributed by atoms with Crippen molar-refractivity contribution in [1.82, 2.24) is 4.98 Å². The summed E-state index contributed by atoms with van der Waals surface area (Å²) in [5.41, 5.74) is 1.62. The quantitative estimate of drug-likeness (QED) is 0.745. The summed E-state index contributed by atoms with van der Waals surface area (Å²) in [6, 6.07) is 9.51. The van der Waals surface area contributed by atoms with Crippen molar-refractivity contribution in [3.05, 3.63) is 48.0 Å². The first-order valence-electron chi connectivity index (χ1n) is 5.09. The van der Waals surface area contributed by atoms with Gasteiger partial charge in [0.25, 0.3) is 0 Å². The third-order valence-corrected chi connectivity index (χ3v) is 2.21. The Labute approximate surface area is 98.2 Å². The van der Waals surface area contributed by atoms with Crippen molar-refractivity contribution in [2.45, 2.75) is 6.92 Å². The second-order valence-corrected chi connectivity index (χ2v) is 3.49. The molecule has 4 heteroatoms. The molecular formula is C13H10NO3-. The molecule has 0 fully saturated rings. The van der Waals surface area contributed by atoms with Gasteiger partial charge in [0.2, 0.25) is 5.89 Å². The summed E-state index contributed by atoms with van der Waals surface area (Å²) in [5, 5.41) is 10.3. The van der Waals surface area contributed by atoms with Crippen molar-refractivity contribution in [3.8, 4) is 11.3 Å². The fourth-order valence-corrected chi connectivity index (χ4v) is 1.49. The van der Waals surface area contributed by atoms with Crippen LogP contribution in [0.3, 0.4) is 0 Å². The lowest BCUT2D eigenvalue weighted by Crippen LogP contribution is -2.18. The Morgan fingerprint density at radius 2 is 2.06 bits per heavy atom. The van der Waals surface area contributed by atoms with Gasteiger partial charge in [-0.05, 0) is 13.0 Å². The zero-order valence-electron chi connectivity index (χ0n) is 9.21. The summed E-state index contributed by atoms with van der Waals surface area (Å²) in [7, 11) is 0. The number of nitrogens with zero attached hydrogens (tertiary/aromatic N) is 1. The molecule has 0 N–H and O–H groups in total. The highest BCUT2D eigenvalue weighted by Crippen LogP contribution is 2.24. The van der Waals surface area contributed by atoms with Gasteiger partial charge in [0.15, 0.2) is 5.76 Å². The van der Waals surface area contributed by atoms with E-state index in [4.69, 9.17) is 4.42 Å². The van der Waals surface area contributed by atoms with Crippen molar-refractivity contribution >= 4 is 12.0 Å². The molecule has 4 nitrogen and oxygen atoms in total. The van der Waals surface area contributed by atoms with Crippen molar-refractivity contribution < 1.29 is 14.3 Å². The predicted octanol–water partition coefficient (Wildman–Crippen LogP) is 1.41. The van der Waals surface area contributed by atoms with E-state index in [0.29, 0.717) is 11.5 Å². The Morgan fingerprint density at radius 3 is 2.71 bits per heavy atom. The van der Waals surface area contributed by atoms with E-state index >= 15 is 0 Å². The Bertz CT molecular complexity index is 555. The first-order chi connectivity index (χ1) is 8.16. The van der Waals surface area contributed by atoms with Crippen LogP contribution in [0.2, 0.25) is 0 Å². The van der Waals surface area contributed by atoms with Crippen LogP contribution >= 0.6 is 0 Å². The maximum absolute atomic E-state index is 10.3. The molecule has 1 aromatic heterocycles. The van der Waals surface area contributed by atoms with E-state index in [1.807, 2.05) is 37.3 Å². The van der Waals surface area contributed by atoms with Crippen LogP contribution in [-0.2, 0) is 4.79 Å². The SMILES string of the molecule is Cc1nc(C=CC(=O)[O-])oc1-c1ccccc1. The second kappa shape index (κ2) is 4.65. The number of hydrogen-bond donors (Lipinski definition) is 0. The van der Waals surface area contributed by atoms with Crippen molar-refractivity contribution in [2.75, 3.05) is 0 Å². The molecule has 0 aliphatic rings. The smallest absolute Gasteiger partial charge is 0.219 e. The topological polar surface area (TPSA) is 66.2 Å². The minimum atomic E-state index is -1.28. The summed E-state index contributed by atoms with van der Waals surface area (Å²) in [6.07, 6.45) is 2.16. The number of carbonyl (C=O) groups excluding carboxylic acids is 1. The van der Waals surface area contributed by atoms with Crippen LogP contribution in [0.1, 0.15) is 11.6 Å². The summed E-state index contributed by atoms with van der Waals surface area (Å²) < 4.78 is 5.46. The lowest BCUT2D eigenvalue weighted by atomic mass is 10.1. The second-order valence-electron chi connectivity index (χ2n) is 3.49. The van der Waals surface area contributed by atoms with Crippen LogP contribution in [0, 0.1) is 6.92 Å². The number of aliphatic carboxylic acids is 1. The number of oxazole rings is 1. The molecule has 0 amide bonds. The lowest BCUT2D eigenvalue weighted by Gasteiger charge is -1.95. The maximum atomic E-state index is 10.3. The van der Waals surface area contributed by atoms with Gasteiger partial charge in [-0.15, -0.1) is 0 Å². The first-order valence-corrected chi connectivity index (χ1v) is 5.09. The normalized spacial score (nSPS) is 10.9. The summed E-state index contributed by atoms with van der Waals surface area (Å²) in [6.45, 7) is 1.81. The number of carboxylic acids is 1. The molecule has 0 aliphatic heterocycles. The molecule has 0 saturated heterocycles. The molecular weight excluding hydrogens is 218 g/mol. The Kier molecular flexibility index (Phi) is 3.05. The third-order valence-electron chi connectivity index (χ3n) is 2.21. The van der Waals surface area contributed by atoms with Crippen LogP contribution in [0.25, 0.3) is 17.4 Å². The molecule has 0 spiro atoms. The van der Waals surface area contributed by atoms with Crippen LogP contribution in [0.5, 0.6) is 0 Å². The number of aromatic nitrogens is 1. The molecule has 2 rings (SSSR count). The monoisotopic (exact) mass is 228 g/mol.